The molecule has 2 rings (SSSR count). The minimum Gasteiger partial charge on any atom is -0.393 e. The number of halogens is 1. The van der Waals surface area contributed by atoms with Gasteiger partial charge < -0.3 is 15.3 Å². The van der Waals surface area contributed by atoms with Crippen molar-refractivity contribution in [3.8, 4) is 0 Å². The lowest BCUT2D eigenvalue weighted by molar-refractivity contribution is -0.144. The molecule has 0 aromatic rings. The van der Waals surface area contributed by atoms with E-state index in [2.05, 4.69) is 5.32 Å². The Bertz CT molecular complexity index is 282. The number of alkyl halides is 1. The fourth-order valence-corrected chi connectivity index (χ4v) is 2.71. The van der Waals surface area contributed by atoms with Crippen LogP contribution in [0, 0.1) is 5.92 Å². The quantitative estimate of drug-likeness (QED) is 0.735. The highest BCUT2D eigenvalue weighted by molar-refractivity contribution is 5.86. The summed E-state index contributed by atoms with van der Waals surface area (Å²) in [5, 5.41) is 12.4. The van der Waals surface area contributed by atoms with Crippen molar-refractivity contribution in [2.75, 3.05) is 26.2 Å². The Hall–Kier alpha value is -0.680. The van der Waals surface area contributed by atoms with E-state index in [4.69, 9.17) is 0 Å². The van der Waals surface area contributed by atoms with Crippen molar-refractivity contribution in [2.45, 2.75) is 38.0 Å². The van der Waals surface area contributed by atoms with Crippen LogP contribution in [0.4, 0.5) is 4.39 Å². The third-order valence-corrected chi connectivity index (χ3v) is 4.00. The zero-order valence-electron chi connectivity index (χ0n) is 10.3. The Labute approximate surface area is 101 Å². The molecule has 98 valence electrons. The normalized spacial score (nSPS) is 32.8. The Morgan fingerprint density at radius 3 is 2.65 bits per heavy atom. The minimum atomic E-state index is -1.70. The molecular weight excluding hydrogens is 223 g/mol. The van der Waals surface area contributed by atoms with Crippen molar-refractivity contribution in [2.24, 2.45) is 5.92 Å². The van der Waals surface area contributed by atoms with Crippen LogP contribution in [0.3, 0.4) is 0 Å². The highest BCUT2D eigenvalue weighted by Crippen LogP contribution is 2.27. The molecule has 2 aliphatic heterocycles. The molecule has 0 spiro atoms. The molecule has 0 aromatic carbocycles. The fourth-order valence-electron chi connectivity index (χ4n) is 2.71. The summed E-state index contributed by atoms with van der Waals surface area (Å²) < 4.78 is 14.2. The summed E-state index contributed by atoms with van der Waals surface area (Å²) in [4.78, 5) is 13.7. The van der Waals surface area contributed by atoms with E-state index in [1.54, 1.807) is 11.8 Å². The third-order valence-electron chi connectivity index (χ3n) is 4.00. The van der Waals surface area contributed by atoms with Gasteiger partial charge in [-0.1, -0.05) is 0 Å². The van der Waals surface area contributed by atoms with Crippen molar-refractivity contribution >= 4 is 5.91 Å². The number of aliphatic hydroxyl groups is 1. The standard InChI is InChI=1S/C12H21FN2O2/c1-9(16)10-2-6-15(7-3-10)11(17)12(13)4-5-14-8-12/h9-10,14,16H,2-8H2,1H3. The van der Waals surface area contributed by atoms with Crippen LogP contribution >= 0.6 is 0 Å². The molecule has 1 amide bonds. The summed E-state index contributed by atoms with van der Waals surface area (Å²) in [6.45, 7) is 3.63. The maximum absolute atomic E-state index is 14.2. The summed E-state index contributed by atoms with van der Waals surface area (Å²) in [6.07, 6.45) is 1.49. The Kier molecular flexibility index (Phi) is 3.68. The molecule has 2 fully saturated rings. The predicted molar refractivity (Wildman–Crippen MR) is 62.3 cm³/mol. The van der Waals surface area contributed by atoms with Gasteiger partial charge in [-0.25, -0.2) is 4.39 Å². The van der Waals surface area contributed by atoms with Gasteiger partial charge in [0.15, 0.2) is 0 Å². The number of amides is 1. The van der Waals surface area contributed by atoms with Gasteiger partial charge in [0.1, 0.15) is 0 Å². The number of piperidine rings is 1. The topological polar surface area (TPSA) is 52.6 Å². The number of rotatable bonds is 2. The van der Waals surface area contributed by atoms with Gasteiger partial charge in [-0.05, 0) is 32.2 Å². The summed E-state index contributed by atoms with van der Waals surface area (Å²) in [7, 11) is 0. The van der Waals surface area contributed by atoms with Crippen molar-refractivity contribution in [1.29, 1.82) is 0 Å². The van der Waals surface area contributed by atoms with Crippen LogP contribution in [-0.4, -0.2) is 53.9 Å². The first kappa shape index (κ1) is 12.8. The summed E-state index contributed by atoms with van der Waals surface area (Å²) in [5.74, 6) is -0.122. The second-order valence-corrected chi connectivity index (χ2v) is 5.26. The monoisotopic (exact) mass is 244 g/mol. The molecule has 4 nitrogen and oxygen atoms in total. The molecular formula is C12H21FN2O2. The number of likely N-dealkylation sites (tertiary alicyclic amines) is 1. The molecule has 0 saturated carbocycles. The molecule has 2 aliphatic rings. The van der Waals surface area contributed by atoms with E-state index in [1.807, 2.05) is 0 Å². The zero-order valence-corrected chi connectivity index (χ0v) is 10.3. The second kappa shape index (κ2) is 4.90. The second-order valence-electron chi connectivity index (χ2n) is 5.26. The highest BCUT2D eigenvalue weighted by Gasteiger charge is 2.44. The molecule has 2 unspecified atom stereocenters. The molecule has 2 atom stereocenters. The lowest BCUT2D eigenvalue weighted by Crippen LogP contribution is -2.50. The lowest BCUT2D eigenvalue weighted by atomic mass is 9.91. The van der Waals surface area contributed by atoms with E-state index in [9.17, 15) is 14.3 Å². The third kappa shape index (κ3) is 2.60. The van der Waals surface area contributed by atoms with Gasteiger partial charge in [-0.15, -0.1) is 0 Å². The molecule has 17 heavy (non-hydrogen) atoms. The molecule has 2 saturated heterocycles. The van der Waals surface area contributed by atoms with Gasteiger partial charge in [0.05, 0.1) is 6.10 Å². The molecule has 0 radical (unpaired) electrons. The Morgan fingerprint density at radius 1 is 1.53 bits per heavy atom. The van der Waals surface area contributed by atoms with Gasteiger partial charge in [0.2, 0.25) is 5.67 Å². The average Bonchev–Trinajstić information content (AvgIpc) is 2.76. The Balaban J connectivity index is 1.90. The first-order valence-electron chi connectivity index (χ1n) is 6.40. The van der Waals surface area contributed by atoms with Crippen molar-refractivity contribution < 1.29 is 14.3 Å². The van der Waals surface area contributed by atoms with Crippen LogP contribution in [-0.2, 0) is 4.79 Å². The number of nitrogens with zero attached hydrogens (tertiary/aromatic N) is 1. The molecule has 0 aromatic heterocycles. The maximum Gasteiger partial charge on any atom is 0.261 e. The number of hydrogen-bond acceptors (Lipinski definition) is 3. The van der Waals surface area contributed by atoms with Crippen LogP contribution < -0.4 is 5.32 Å². The SMILES string of the molecule is CC(O)C1CCN(C(=O)C2(F)CCNC2)CC1. The summed E-state index contributed by atoms with van der Waals surface area (Å²) in [6, 6.07) is 0. The highest BCUT2D eigenvalue weighted by atomic mass is 19.1. The Morgan fingerprint density at radius 2 is 2.18 bits per heavy atom. The van der Waals surface area contributed by atoms with Crippen LogP contribution in [0.5, 0.6) is 0 Å². The van der Waals surface area contributed by atoms with Crippen molar-refractivity contribution in [3.63, 3.8) is 0 Å². The molecule has 2 heterocycles. The first-order valence-corrected chi connectivity index (χ1v) is 6.40. The van der Waals surface area contributed by atoms with E-state index in [1.165, 1.54) is 0 Å². The number of carbonyl (C=O) groups is 1. The van der Waals surface area contributed by atoms with Gasteiger partial charge in [-0.2, -0.15) is 0 Å². The minimum absolute atomic E-state index is 0.141. The van der Waals surface area contributed by atoms with Gasteiger partial charge in [0, 0.05) is 26.1 Å². The largest absolute Gasteiger partial charge is 0.393 e. The van der Waals surface area contributed by atoms with E-state index in [-0.39, 0.29) is 30.9 Å². The number of aliphatic hydroxyl groups excluding tert-OH is 1. The van der Waals surface area contributed by atoms with E-state index in [0.29, 0.717) is 19.6 Å². The van der Waals surface area contributed by atoms with Crippen LogP contribution in [0.25, 0.3) is 0 Å². The van der Waals surface area contributed by atoms with Crippen LogP contribution in [0.15, 0.2) is 0 Å². The smallest absolute Gasteiger partial charge is 0.261 e. The molecule has 2 N–H and O–H groups in total. The van der Waals surface area contributed by atoms with Gasteiger partial charge >= 0.3 is 0 Å². The average molecular weight is 244 g/mol. The maximum atomic E-state index is 14.2. The van der Waals surface area contributed by atoms with E-state index >= 15 is 0 Å². The first-order chi connectivity index (χ1) is 8.03. The fraction of sp³-hybridized carbons (Fsp3) is 0.917. The van der Waals surface area contributed by atoms with Crippen molar-refractivity contribution in [1.82, 2.24) is 10.2 Å². The molecule has 0 aliphatic carbocycles. The number of carbonyl (C=O) groups excluding carboxylic acids is 1. The van der Waals surface area contributed by atoms with Gasteiger partial charge in [-0.3, -0.25) is 4.79 Å². The summed E-state index contributed by atoms with van der Waals surface area (Å²) in [5.41, 5.74) is -1.70. The van der Waals surface area contributed by atoms with Crippen LogP contribution in [0.1, 0.15) is 26.2 Å². The van der Waals surface area contributed by atoms with E-state index in [0.717, 1.165) is 12.8 Å². The summed E-state index contributed by atoms with van der Waals surface area (Å²) >= 11 is 0. The predicted octanol–water partition coefficient (Wildman–Crippen LogP) is 0.307. The molecule has 0 bridgehead atoms. The number of nitrogens with one attached hydrogen (secondary N) is 1. The lowest BCUT2D eigenvalue weighted by Gasteiger charge is -2.36. The molecule has 5 heteroatoms. The van der Waals surface area contributed by atoms with Crippen LogP contribution in [0.2, 0.25) is 0 Å². The van der Waals surface area contributed by atoms with Crippen molar-refractivity contribution in [3.05, 3.63) is 0 Å². The number of hydrogen-bond donors (Lipinski definition) is 2. The van der Waals surface area contributed by atoms with E-state index < -0.39 is 5.67 Å². The van der Waals surface area contributed by atoms with Gasteiger partial charge in [0.25, 0.3) is 5.91 Å². The zero-order chi connectivity index (χ0) is 12.5.